The molecule has 4 nitrogen and oxygen atoms in total. The maximum Gasteiger partial charge on any atom is 0.117 e. The predicted molar refractivity (Wildman–Crippen MR) is 56.3 cm³/mol. The van der Waals surface area contributed by atoms with Crippen LogP contribution in [0.15, 0.2) is 12.1 Å². The Labute approximate surface area is 86.9 Å². The lowest BCUT2D eigenvalue weighted by Gasteiger charge is -2.09. The Balaban J connectivity index is 2.55. The van der Waals surface area contributed by atoms with Crippen LogP contribution < -0.4 is 0 Å². The molecule has 2 rings (SSSR count). The summed E-state index contributed by atoms with van der Waals surface area (Å²) >= 11 is 5.96. The van der Waals surface area contributed by atoms with Gasteiger partial charge in [-0.1, -0.05) is 11.6 Å². The molecule has 0 saturated heterocycles. The minimum absolute atomic E-state index is 0.697. The zero-order chi connectivity index (χ0) is 10.1. The third-order valence-corrected chi connectivity index (χ3v) is 2.17. The molecule has 0 aliphatic rings. The summed E-state index contributed by atoms with van der Waals surface area (Å²) < 4.78 is 0. The average molecular weight is 211 g/mol. The van der Waals surface area contributed by atoms with Crippen molar-refractivity contribution in [3.05, 3.63) is 22.7 Å². The normalized spacial score (nSPS) is 11.4. The minimum atomic E-state index is 0.697. The topological polar surface area (TPSA) is 44.8 Å². The predicted octanol–water partition coefficient (Wildman–Crippen LogP) is 1.67. The van der Waals surface area contributed by atoms with Crippen molar-refractivity contribution in [3.63, 3.8) is 0 Å². The molecule has 0 unspecified atom stereocenters. The number of hydrogen-bond acceptors (Lipinski definition) is 3. The van der Waals surface area contributed by atoms with Gasteiger partial charge >= 0.3 is 0 Å². The van der Waals surface area contributed by atoms with E-state index in [1.165, 1.54) is 0 Å². The first-order valence-electron chi connectivity index (χ1n) is 4.30. The molecule has 14 heavy (non-hydrogen) atoms. The Kier molecular flexibility index (Phi) is 2.39. The maximum absolute atomic E-state index is 5.96. The number of hydrogen-bond donors (Lipinski definition) is 1. The summed E-state index contributed by atoms with van der Waals surface area (Å²) in [5.74, 6) is 0. The summed E-state index contributed by atoms with van der Waals surface area (Å²) in [7, 11) is 4.01. The van der Waals surface area contributed by atoms with Crippen molar-refractivity contribution < 1.29 is 0 Å². The SMILES string of the molecule is CN(C)Cc1cc(Cl)cc2n[nH]nc12. The van der Waals surface area contributed by atoms with Gasteiger partial charge in [-0.25, -0.2) is 0 Å². The molecule has 0 amide bonds. The van der Waals surface area contributed by atoms with Gasteiger partial charge in [0.25, 0.3) is 0 Å². The fourth-order valence-corrected chi connectivity index (χ4v) is 1.68. The van der Waals surface area contributed by atoms with E-state index in [-0.39, 0.29) is 0 Å². The van der Waals surface area contributed by atoms with Crippen molar-refractivity contribution in [1.29, 1.82) is 0 Å². The van der Waals surface area contributed by atoms with Gasteiger partial charge in [-0.2, -0.15) is 15.4 Å². The second-order valence-electron chi connectivity index (χ2n) is 3.49. The van der Waals surface area contributed by atoms with E-state index in [1.807, 2.05) is 20.2 Å². The van der Waals surface area contributed by atoms with Gasteiger partial charge in [-0.3, -0.25) is 0 Å². The molecule has 1 aromatic carbocycles. The van der Waals surface area contributed by atoms with E-state index in [0.29, 0.717) is 5.02 Å². The summed E-state index contributed by atoms with van der Waals surface area (Å²) in [6, 6.07) is 3.73. The molecule has 1 N–H and O–H groups in total. The van der Waals surface area contributed by atoms with Gasteiger partial charge in [0.2, 0.25) is 0 Å². The van der Waals surface area contributed by atoms with E-state index in [0.717, 1.165) is 23.1 Å². The van der Waals surface area contributed by atoms with Crippen molar-refractivity contribution in [3.8, 4) is 0 Å². The van der Waals surface area contributed by atoms with Gasteiger partial charge in [0.1, 0.15) is 11.0 Å². The number of benzene rings is 1. The maximum atomic E-state index is 5.96. The molecule has 0 radical (unpaired) electrons. The first-order valence-corrected chi connectivity index (χ1v) is 4.68. The Hall–Kier alpha value is -1.13. The molecule has 0 bridgehead atoms. The second kappa shape index (κ2) is 3.55. The van der Waals surface area contributed by atoms with E-state index in [9.17, 15) is 0 Å². The fourth-order valence-electron chi connectivity index (χ4n) is 1.44. The van der Waals surface area contributed by atoms with Crippen molar-refractivity contribution in [2.75, 3.05) is 14.1 Å². The molecule has 0 aliphatic heterocycles. The molecule has 0 atom stereocenters. The highest BCUT2D eigenvalue weighted by Gasteiger charge is 2.07. The van der Waals surface area contributed by atoms with Crippen LogP contribution in [0.25, 0.3) is 11.0 Å². The van der Waals surface area contributed by atoms with Crippen LogP contribution in [0.5, 0.6) is 0 Å². The number of nitrogens with zero attached hydrogens (tertiary/aromatic N) is 3. The number of aromatic amines is 1. The number of aromatic nitrogens is 3. The van der Waals surface area contributed by atoms with E-state index in [2.05, 4.69) is 20.3 Å². The monoisotopic (exact) mass is 210 g/mol. The molecule has 1 aromatic heterocycles. The van der Waals surface area contributed by atoms with Crippen molar-refractivity contribution in [2.45, 2.75) is 6.54 Å². The first-order chi connectivity index (χ1) is 6.66. The summed E-state index contributed by atoms with van der Waals surface area (Å²) in [6.45, 7) is 0.809. The van der Waals surface area contributed by atoms with Crippen molar-refractivity contribution in [2.24, 2.45) is 0 Å². The summed E-state index contributed by atoms with van der Waals surface area (Å²) in [5.41, 5.74) is 2.80. The third kappa shape index (κ3) is 1.71. The molecule has 1 heterocycles. The highest BCUT2D eigenvalue weighted by Crippen LogP contribution is 2.21. The molecule has 74 valence electrons. The zero-order valence-electron chi connectivity index (χ0n) is 8.08. The molecule has 0 spiro atoms. The number of nitrogens with one attached hydrogen (secondary N) is 1. The van der Waals surface area contributed by atoms with Gasteiger partial charge in [-0.15, -0.1) is 0 Å². The van der Waals surface area contributed by atoms with E-state index >= 15 is 0 Å². The highest BCUT2D eigenvalue weighted by atomic mass is 35.5. The van der Waals surface area contributed by atoms with E-state index in [4.69, 9.17) is 11.6 Å². The fraction of sp³-hybridized carbons (Fsp3) is 0.333. The lowest BCUT2D eigenvalue weighted by molar-refractivity contribution is 0.404. The summed E-state index contributed by atoms with van der Waals surface area (Å²) in [6.07, 6.45) is 0. The van der Waals surface area contributed by atoms with Gasteiger partial charge in [-0.05, 0) is 31.8 Å². The lowest BCUT2D eigenvalue weighted by atomic mass is 10.2. The Morgan fingerprint density at radius 3 is 2.86 bits per heavy atom. The van der Waals surface area contributed by atoms with Crippen LogP contribution >= 0.6 is 11.6 Å². The molecular weight excluding hydrogens is 200 g/mol. The number of rotatable bonds is 2. The lowest BCUT2D eigenvalue weighted by Crippen LogP contribution is -2.11. The highest BCUT2D eigenvalue weighted by molar-refractivity contribution is 6.31. The van der Waals surface area contributed by atoms with Crippen molar-refractivity contribution >= 4 is 22.6 Å². The molecule has 0 saturated carbocycles. The molecule has 0 aliphatic carbocycles. The molecule has 0 fully saturated rings. The Morgan fingerprint density at radius 1 is 1.36 bits per heavy atom. The molecule has 5 heteroatoms. The standard InChI is InChI=1S/C9H11ClN4/c1-14(2)5-6-3-7(10)4-8-9(6)12-13-11-8/h3-4H,5H2,1-2H3,(H,11,12,13). The van der Waals surface area contributed by atoms with Gasteiger partial charge in [0.15, 0.2) is 0 Å². The van der Waals surface area contributed by atoms with Crippen molar-refractivity contribution in [1.82, 2.24) is 20.3 Å². The van der Waals surface area contributed by atoms with Crippen LogP contribution in [0.4, 0.5) is 0 Å². The zero-order valence-corrected chi connectivity index (χ0v) is 8.84. The van der Waals surface area contributed by atoms with Crippen LogP contribution in [0.2, 0.25) is 5.02 Å². The molecular formula is C9H11ClN4. The van der Waals surface area contributed by atoms with Crippen LogP contribution in [-0.4, -0.2) is 34.4 Å². The third-order valence-electron chi connectivity index (χ3n) is 1.95. The van der Waals surface area contributed by atoms with Gasteiger partial charge in [0.05, 0.1) is 0 Å². The molecule has 2 aromatic rings. The summed E-state index contributed by atoms with van der Waals surface area (Å²) in [4.78, 5) is 2.07. The number of fused-ring (bicyclic) bond motifs is 1. The first kappa shape index (κ1) is 9.43. The summed E-state index contributed by atoms with van der Waals surface area (Å²) in [5, 5.41) is 11.4. The van der Waals surface area contributed by atoms with Gasteiger partial charge < -0.3 is 4.90 Å². The van der Waals surface area contributed by atoms with Crippen LogP contribution in [0.3, 0.4) is 0 Å². The minimum Gasteiger partial charge on any atom is -0.305 e. The largest absolute Gasteiger partial charge is 0.305 e. The number of H-pyrrole nitrogens is 1. The Bertz CT molecular complexity index is 449. The smallest absolute Gasteiger partial charge is 0.117 e. The average Bonchev–Trinajstić information content (AvgIpc) is 2.50. The van der Waals surface area contributed by atoms with Gasteiger partial charge in [0, 0.05) is 11.6 Å². The van der Waals surface area contributed by atoms with Crippen LogP contribution in [0.1, 0.15) is 5.56 Å². The van der Waals surface area contributed by atoms with Crippen LogP contribution in [-0.2, 0) is 6.54 Å². The Morgan fingerprint density at radius 2 is 2.14 bits per heavy atom. The quantitative estimate of drug-likeness (QED) is 0.820. The second-order valence-corrected chi connectivity index (χ2v) is 3.93. The number of halogens is 1. The van der Waals surface area contributed by atoms with E-state index < -0.39 is 0 Å². The van der Waals surface area contributed by atoms with E-state index in [1.54, 1.807) is 6.07 Å². The van der Waals surface area contributed by atoms with Crippen LogP contribution in [0, 0.1) is 0 Å².